The maximum Gasteiger partial charge on any atom is 0.248 e. The highest BCUT2D eigenvalue weighted by Gasteiger charge is 2.35. The van der Waals surface area contributed by atoms with Crippen molar-refractivity contribution in [3.05, 3.63) is 35.9 Å². The molecule has 4 rings (SSSR count). The Morgan fingerprint density at radius 2 is 1.92 bits per heavy atom. The molecule has 0 atom stereocenters. The molecule has 2 fully saturated rings. The van der Waals surface area contributed by atoms with Crippen molar-refractivity contribution < 1.29 is 4.79 Å². The van der Waals surface area contributed by atoms with E-state index in [-0.39, 0.29) is 5.91 Å². The third-order valence-corrected chi connectivity index (χ3v) is 6.62. The molecule has 0 unspecified atom stereocenters. The first-order chi connectivity index (χ1) is 12.7. The van der Waals surface area contributed by atoms with Gasteiger partial charge in [0.2, 0.25) is 5.91 Å². The SMILES string of the molecule is O=C1CCCN2C(=N1)SC(=S)N2CN1CCC(Cc2ccccc2)CC1. The summed E-state index contributed by atoms with van der Waals surface area (Å²) in [5.41, 5.74) is 1.44. The van der Waals surface area contributed by atoms with Crippen LogP contribution in [0.25, 0.3) is 0 Å². The van der Waals surface area contributed by atoms with Crippen LogP contribution in [-0.2, 0) is 11.2 Å². The average molecular weight is 389 g/mol. The molecule has 1 amide bonds. The van der Waals surface area contributed by atoms with Gasteiger partial charge in [-0.15, -0.1) is 0 Å². The van der Waals surface area contributed by atoms with Gasteiger partial charge in [-0.2, -0.15) is 4.99 Å². The molecule has 3 aliphatic heterocycles. The zero-order chi connectivity index (χ0) is 17.9. The van der Waals surface area contributed by atoms with Crippen LogP contribution in [0.15, 0.2) is 35.3 Å². The molecule has 1 aromatic carbocycles. The number of carbonyl (C=O) groups is 1. The molecule has 0 N–H and O–H groups in total. The normalized spacial score (nSPS) is 22.4. The van der Waals surface area contributed by atoms with E-state index in [4.69, 9.17) is 12.2 Å². The number of benzene rings is 1. The van der Waals surface area contributed by atoms with Crippen LogP contribution in [0.3, 0.4) is 0 Å². The lowest BCUT2D eigenvalue weighted by atomic mass is 9.90. The molecule has 0 saturated carbocycles. The second kappa shape index (κ2) is 8.06. The number of thiocarbonyl (C=S) groups is 1. The molecule has 0 aromatic heterocycles. The fourth-order valence-electron chi connectivity index (χ4n) is 3.83. The first-order valence-corrected chi connectivity index (χ1v) is 10.6. The van der Waals surface area contributed by atoms with Gasteiger partial charge in [0.1, 0.15) is 0 Å². The minimum atomic E-state index is -0.0265. The highest BCUT2D eigenvalue weighted by Crippen LogP contribution is 2.30. The number of likely N-dealkylation sites (tertiary alicyclic amines) is 1. The number of thioether (sulfide) groups is 1. The number of hydrogen-bond donors (Lipinski definition) is 0. The summed E-state index contributed by atoms with van der Waals surface area (Å²) in [6.07, 6.45) is 5.00. The number of nitrogens with zero attached hydrogens (tertiary/aromatic N) is 4. The van der Waals surface area contributed by atoms with Crippen molar-refractivity contribution in [1.82, 2.24) is 14.9 Å². The number of fused-ring (bicyclic) bond motifs is 1. The maximum absolute atomic E-state index is 11.7. The predicted octanol–water partition coefficient (Wildman–Crippen LogP) is 3.13. The van der Waals surface area contributed by atoms with Crippen LogP contribution in [0.5, 0.6) is 0 Å². The van der Waals surface area contributed by atoms with Crippen molar-refractivity contribution >= 4 is 39.4 Å². The van der Waals surface area contributed by atoms with Gasteiger partial charge in [0.05, 0.1) is 6.67 Å². The van der Waals surface area contributed by atoms with Gasteiger partial charge in [0, 0.05) is 26.1 Å². The summed E-state index contributed by atoms with van der Waals surface area (Å²) in [4.78, 5) is 18.4. The summed E-state index contributed by atoms with van der Waals surface area (Å²) in [6, 6.07) is 10.8. The van der Waals surface area contributed by atoms with Gasteiger partial charge in [-0.3, -0.25) is 19.7 Å². The van der Waals surface area contributed by atoms with E-state index in [2.05, 4.69) is 50.2 Å². The van der Waals surface area contributed by atoms with E-state index in [0.29, 0.717) is 6.42 Å². The molecular weight excluding hydrogens is 364 g/mol. The minimum Gasteiger partial charge on any atom is -0.284 e. The van der Waals surface area contributed by atoms with Crippen LogP contribution in [0, 0.1) is 5.92 Å². The second-order valence-electron chi connectivity index (χ2n) is 7.17. The monoisotopic (exact) mass is 388 g/mol. The van der Waals surface area contributed by atoms with Gasteiger partial charge in [-0.05, 0) is 48.9 Å². The van der Waals surface area contributed by atoms with Crippen LogP contribution >= 0.6 is 24.0 Å². The van der Waals surface area contributed by atoms with E-state index in [0.717, 1.165) is 48.1 Å². The van der Waals surface area contributed by atoms with Gasteiger partial charge in [0.25, 0.3) is 0 Å². The number of carbonyl (C=O) groups excluding carboxylic acids is 1. The molecule has 0 aliphatic carbocycles. The third kappa shape index (κ3) is 4.10. The molecule has 3 heterocycles. The Bertz CT molecular complexity index is 701. The Kier molecular flexibility index (Phi) is 5.57. The van der Waals surface area contributed by atoms with E-state index in [1.807, 2.05) is 0 Å². The average Bonchev–Trinajstić information content (AvgIpc) is 2.81. The third-order valence-electron chi connectivity index (χ3n) is 5.29. The predicted molar refractivity (Wildman–Crippen MR) is 110 cm³/mol. The van der Waals surface area contributed by atoms with Crippen molar-refractivity contribution in [3.63, 3.8) is 0 Å². The molecule has 0 bridgehead atoms. The summed E-state index contributed by atoms with van der Waals surface area (Å²) in [5.74, 6) is 0.739. The van der Waals surface area contributed by atoms with Crippen LogP contribution in [0.1, 0.15) is 31.2 Å². The lowest BCUT2D eigenvalue weighted by Crippen LogP contribution is -2.49. The number of amidine groups is 1. The fourth-order valence-corrected chi connectivity index (χ4v) is 5.07. The zero-order valence-corrected chi connectivity index (χ0v) is 16.5. The largest absolute Gasteiger partial charge is 0.284 e. The van der Waals surface area contributed by atoms with Gasteiger partial charge in [0.15, 0.2) is 9.49 Å². The molecule has 0 radical (unpaired) electrons. The van der Waals surface area contributed by atoms with Crippen LogP contribution in [0.2, 0.25) is 0 Å². The lowest BCUT2D eigenvalue weighted by Gasteiger charge is -2.37. The highest BCUT2D eigenvalue weighted by molar-refractivity contribution is 8.33. The Balaban J connectivity index is 1.32. The Hall–Kier alpha value is -1.44. The van der Waals surface area contributed by atoms with Crippen molar-refractivity contribution in [3.8, 4) is 0 Å². The molecule has 1 aromatic rings. The number of hydrazine groups is 1. The molecule has 7 heteroatoms. The van der Waals surface area contributed by atoms with Gasteiger partial charge in [-0.25, -0.2) is 0 Å². The van der Waals surface area contributed by atoms with Crippen molar-refractivity contribution in [2.24, 2.45) is 10.9 Å². The fraction of sp³-hybridized carbons (Fsp3) is 0.526. The summed E-state index contributed by atoms with van der Waals surface area (Å²) < 4.78 is 0.810. The zero-order valence-electron chi connectivity index (χ0n) is 14.8. The summed E-state index contributed by atoms with van der Waals surface area (Å²) in [7, 11) is 0. The van der Waals surface area contributed by atoms with E-state index >= 15 is 0 Å². The van der Waals surface area contributed by atoms with Crippen molar-refractivity contribution in [2.45, 2.75) is 32.1 Å². The first kappa shape index (κ1) is 17.9. The summed E-state index contributed by atoms with van der Waals surface area (Å²) in [5, 5.41) is 5.00. The number of hydrogen-bond acceptors (Lipinski definition) is 5. The number of amides is 1. The smallest absolute Gasteiger partial charge is 0.248 e. The topological polar surface area (TPSA) is 39.2 Å². The van der Waals surface area contributed by atoms with E-state index in [1.165, 1.54) is 36.6 Å². The molecule has 3 aliphatic rings. The lowest BCUT2D eigenvalue weighted by molar-refractivity contribution is -0.117. The Labute approximate surface area is 164 Å². The number of aliphatic imine (C=N–C) groups is 1. The minimum absolute atomic E-state index is 0.0265. The standard InChI is InChI=1S/C19H24N4OS2/c24-17-7-4-10-22-18(20-17)26-19(25)23(22)14-21-11-8-16(9-12-21)13-15-5-2-1-3-6-15/h1-3,5-6,16H,4,7-14H2. The van der Waals surface area contributed by atoms with Crippen LogP contribution in [0.4, 0.5) is 0 Å². The van der Waals surface area contributed by atoms with Gasteiger partial charge < -0.3 is 0 Å². The molecule has 2 saturated heterocycles. The van der Waals surface area contributed by atoms with Crippen LogP contribution < -0.4 is 0 Å². The Morgan fingerprint density at radius 3 is 2.69 bits per heavy atom. The van der Waals surface area contributed by atoms with Crippen LogP contribution in [-0.4, -0.2) is 56.6 Å². The van der Waals surface area contributed by atoms with Gasteiger partial charge in [-0.1, -0.05) is 42.5 Å². The molecule has 0 spiro atoms. The summed E-state index contributed by atoms with van der Waals surface area (Å²) >= 11 is 7.00. The van der Waals surface area contributed by atoms with Crippen molar-refractivity contribution in [1.29, 1.82) is 0 Å². The van der Waals surface area contributed by atoms with E-state index in [1.54, 1.807) is 0 Å². The molecular formula is C19H24N4OS2. The van der Waals surface area contributed by atoms with Crippen molar-refractivity contribution in [2.75, 3.05) is 26.3 Å². The Morgan fingerprint density at radius 1 is 1.15 bits per heavy atom. The quantitative estimate of drug-likeness (QED) is 0.738. The maximum atomic E-state index is 11.7. The molecule has 5 nitrogen and oxygen atoms in total. The molecule has 26 heavy (non-hydrogen) atoms. The first-order valence-electron chi connectivity index (χ1n) is 9.33. The highest BCUT2D eigenvalue weighted by atomic mass is 32.2. The number of rotatable bonds is 4. The number of piperidine rings is 1. The summed E-state index contributed by atoms with van der Waals surface area (Å²) in [6.45, 7) is 3.82. The van der Waals surface area contributed by atoms with Gasteiger partial charge >= 0.3 is 0 Å². The second-order valence-corrected chi connectivity index (χ2v) is 8.78. The van der Waals surface area contributed by atoms with E-state index in [9.17, 15) is 4.79 Å². The van der Waals surface area contributed by atoms with E-state index < -0.39 is 0 Å². The molecule has 138 valence electrons.